The van der Waals surface area contributed by atoms with Crippen LogP contribution in [0.1, 0.15) is 32.6 Å². The van der Waals surface area contributed by atoms with Crippen LogP contribution in [-0.4, -0.2) is 25.0 Å². The molecule has 1 aliphatic rings. The molecule has 4 heteroatoms. The van der Waals surface area contributed by atoms with E-state index in [-0.39, 0.29) is 17.7 Å². The van der Waals surface area contributed by atoms with Crippen molar-refractivity contribution >= 4 is 11.9 Å². The van der Waals surface area contributed by atoms with E-state index in [1.54, 1.807) is 0 Å². The summed E-state index contributed by atoms with van der Waals surface area (Å²) in [5.41, 5.74) is 0. The molecule has 1 aliphatic carbocycles. The molecular formula is C10H17NO3. The largest absolute Gasteiger partial charge is 0.453 e. The lowest BCUT2D eigenvalue weighted by Gasteiger charge is -2.18. The second-order valence-electron chi connectivity index (χ2n) is 3.60. The van der Waals surface area contributed by atoms with Gasteiger partial charge in [0.2, 0.25) is 0 Å². The molecule has 0 saturated heterocycles. The van der Waals surface area contributed by atoms with E-state index in [4.69, 9.17) is 0 Å². The van der Waals surface area contributed by atoms with Gasteiger partial charge in [0.05, 0.1) is 7.11 Å². The zero-order chi connectivity index (χ0) is 10.6. The minimum Gasteiger partial charge on any atom is -0.453 e. The highest BCUT2D eigenvalue weighted by molar-refractivity contribution is 5.82. The fraction of sp³-hybridized carbons (Fsp3) is 0.800. The van der Waals surface area contributed by atoms with Gasteiger partial charge < -0.3 is 10.1 Å². The van der Waals surface area contributed by atoms with Crippen LogP contribution in [0.5, 0.6) is 0 Å². The number of alkyl carbamates (subject to hydrolysis) is 1. The van der Waals surface area contributed by atoms with Crippen molar-refractivity contribution in [2.24, 2.45) is 5.92 Å². The van der Waals surface area contributed by atoms with Crippen molar-refractivity contribution in [3.05, 3.63) is 0 Å². The monoisotopic (exact) mass is 199 g/mol. The Bertz CT molecular complexity index is 227. The minimum absolute atomic E-state index is 0.000833. The van der Waals surface area contributed by atoms with Gasteiger partial charge in [0.1, 0.15) is 5.78 Å². The Balaban J connectivity index is 2.51. The summed E-state index contributed by atoms with van der Waals surface area (Å²) in [6.45, 7) is 1.86. The first-order chi connectivity index (χ1) is 6.69. The van der Waals surface area contributed by atoms with Gasteiger partial charge >= 0.3 is 6.09 Å². The highest BCUT2D eigenvalue weighted by Gasteiger charge is 2.32. The smallest absolute Gasteiger partial charge is 0.407 e. The van der Waals surface area contributed by atoms with Crippen LogP contribution in [0.3, 0.4) is 0 Å². The lowest BCUT2D eigenvalue weighted by atomic mass is 9.97. The lowest BCUT2D eigenvalue weighted by Crippen LogP contribution is -2.39. The van der Waals surface area contributed by atoms with Crippen LogP contribution in [0.15, 0.2) is 0 Å². The van der Waals surface area contributed by atoms with E-state index < -0.39 is 6.09 Å². The normalized spacial score (nSPS) is 25.9. The van der Waals surface area contributed by atoms with Gasteiger partial charge in [-0.1, -0.05) is 13.3 Å². The van der Waals surface area contributed by atoms with Crippen LogP contribution in [0.2, 0.25) is 0 Å². The van der Waals surface area contributed by atoms with E-state index in [1.165, 1.54) is 7.11 Å². The van der Waals surface area contributed by atoms with E-state index in [2.05, 4.69) is 10.1 Å². The number of rotatable bonds is 3. The van der Waals surface area contributed by atoms with Crippen molar-refractivity contribution < 1.29 is 14.3 Å². The quantitative estimate of drug-likeness (QED) is 0.749. The first kappa shape index (κ1) is 11.0. The molecule has 1 fully saturated rings. The van der Waals surface area contributed by atoms with E-state index in [9.17, 15) is 9.59 Å². The summed E-state index contributed by atoms with van der Waals surface area (Å²) in [5, 5.41) is 2.71. The van der Waals surface area contributed by atoms with Crippen molar-refractivity contribution in [1.29, 1.82) is 0 Å². The van der Waals surface area contributed by atoms with Crippen LogP contribution in [-0.2, 0) is 9.53 Å². The van der Waals surface area contributed by atoms with Gasteiger partial charge in [-0.05, 0) is 12.8 Å². The van der Waals surface area contributed by atoms with Gasteiger partial charge in [-0.25, -0.2) is 4.79 Å². The van der Waals surface area contributed by atoms with Gasteiger partial charge in [-0.2, -0.15) is 0 Å². The highest BCUT2D eigenvalue weighted by atomic mass is 16.5. The number of ether oxygens (including phenoxy) is 1. The molecule has 0 unspecified atom stereocenters. The standard InChI is InChI=1S/C10H17NO3/c1-3-9(12)7-5-4-6-8(7)11-10(13)14-2/h7-8H,3-6H2,1-2H3,(H,11,13)/t7-,8-/m0/s1. The van der Waals surface area contributed by atoms with E-state index >= 15 is 0 Å². The van der Waals surface area contributed by atoms with Crippen LogP contribution in [0, 0.1) is 5.92 Å². The molecule has 0 radical (unpaired) electrons. The predicted molar refractivity (Wildman–Crippen MR) is 52.0 cm³/mol. The van der Waals surface area contributed by atoms with Crippen molar-refractivity contribution in [2.75, 3.05) is 7.11 Å². The third-order valence-electron chi connectivity index (χ3n) is 2.77. The Morgan fingerprint density at radius 2 is 2.14 bits per heavy atom. The molecule has 1 amide bonds. The average molecular weight is 199 g/mol. The summed E-state index contributed by atoms with van der Waals surface area (Å²) in [6, 6.07) is -0.0186. The molecule has 0 aliphatic heterocycles. The highest BCUT2D eigenvalue weighted by Crippen LogP contribution is 2.27. The van der Waals surface area contributed by atoms with E-state index in [0.717, 1.165) is 19.3 Å². The molecular weight excluding hydrogens is 182 g/mol. The molecule has 4 nitrogen and oxygen atoms in total. The maximum Gasteiger partial charge on any atom is 0.407 e. The summed E-state index contributed by atoms with van der Waals surface area (Å²) < 4.78 is 4.51. The Kier molecular flexibility index (Phi) is 3.92. The van der Waals surface area contributed by atoms with Gasteiger partial charge in [0.15, 0.2) is 0 Å². The number of methoxy groups -OCH3 is 1. The van der Waals surface area contributed by atoms with E-state index in [0.29, 0.717) is 6.42 Å². The van der Waals surface area contributed by atoms with Gasteiger partial charge in [0.25, 0.3) is 0 Å². The molecule has 1 rings (SSSR count). The number of Topliss-reactive ketones (excluding diaryl/α,β-unsaturated/α-hetero) is 1. The molecule has 0 spiro atoms. The summed E-state index contributed by atoms with van der Waals surface area (Å²) in [6.07, 6.45) is 2.88. The number of hydrogen-bond acceptors (Lipinski definition) is 3. The van der Waals surface area contributed by atoms with Crippen molar-refractivity contribution in [1.82, 2.24) is 5.32 Å². The Morgan fingerprint density at radius 1 is 1.43 bits per heavy atom. The van der Waals surface area contributed by atoms with Crippen molar-refractivity contribution in [3.63, 3.8) is 0 Å². The molecule has 0 aromatic carbocycles. The predicted octanol–water partition coefficient (Wildman–Crippen LogP) is 1.49. The average Bonchev–Trinajstić information content (AvgIpc) is 2.64. The molecule has 1 N–H and O–H groups in total. The lowest BCUT2D eigenvalue weighted by molar-refractivity contribution is -0.122. The minimum atomic E-state index is -0.439. The van der Waals surface area contributed by atoms with Gasteiger partial charge in [-0.15, -0.1) is 0 Å². The first-order valence-corrected chi connectivity index (χ1v) is 5.06. The molecule has 0 heterocycles. The number of carbonyl (C=O) groups is 2. The Morgan fingerprint density at radius 3 is 2.71 bits per heavy atom. The number of hydrogen-bond donors (Lipinski definition) is 1. The topological polar surface area (TPSA) is 55.4 Å². The molecule has 1 saturated carbocycles. The third-order valence-corrected chi connectivity index (χ3v) is 2.77. The number of ketones is 1. The summed E-state index contributed by atoms with van der Waals surface area (Å²) in [7, 11) is 1.33. The van der Waals surface area contributed by atoms with Crippen LogP contribution >= 0.6 is 0 Å². The zero-order valence-corrected chi connectivity index (χ0v) is 8.71. The van der Waals surface area contributed by atoms with Crippen LogP contribution in [0.25, 0.3) is 0 Å². The third kappa shape index (κ3) is 2.47. The summed E-state index contributed by atoms with van der Waals surface area (Å²) in [5.74, 6) is 0.239. The maximum absolute atomic E-state index is 11.5. The molecule has 80 valence electrons. The maximum atomic E-state index is 11.5. The van der Waals surface area contributed by atoms with Crippen molar-refractivity contribution in [2.45, 2.75) is 38.6 Å². The molecule has 0 bridgehead atoms. The second-order valence-corrected chi connectivity index (χ2v) is 3.60. The molecule has 14 heavy (non-hydrogen) atoms. The number of nitrogens with one attached hydrogen (secondary N) is 1. The number of amides is 1. The van der Waals surface area contributed by atoms with Crippen molar-refractivity contribution in [3.8, 4) is 0 Å². The van der Waals surface area contributed by atoms with Crippen LogP contribution < -0.4 is 5.32 Å². The number of carbonyl (C=O) groups excluding carboxylic acids is 2. The second kappa shape index (κ2) is 4.98. The fourth-order valence-electron chi connectivity index (χ4n) is 1.99. The molecule has 2 atom stereocenters. The Hall–Kier alpha value is -1.06. The summed E-state index contributed by atoms with van der Waals surface area (Å²) in [4.78, 5) is 22.5. The molecule has 0 aromatic rings. The van der Waals surface area contributed by atoms with Gasteiger partial charge in [-0.3, -0.25) is 4.79 Å². The van der Waals surface area contributed by atoms with Gasteiger partial charge in [0, 0.05) is 18.4 Å². The van der Waals surface area contributed by atoms with Crippen LogP contribution in [0.4, 0.5) is 4.79 Å². The van der Waals surface area contributed by atoms with E-state index in [1.807, 2.05) is 6.92 Å². The SMILES string of the molecule is CCC(=O)[C@H]1CCC[C@@H]1NC(=O)OC. The first-order valence-electron chi connectivity index (χ1n) is 5.06. The zero-order valence-electron chi connectivity index (χ0n) is 8.71. The fourth-order valence-corrected chi connectivity index (χ4v) is 1.99. The molecule has 0 aromatic heterocycles. The Labute approximate surface area is 84.0 Å². The summed E-state index contributed by atoms with van der Waals surface area (Å²) >= 11 is 0.